The number of hydrogen-bond acceptors (Lipinski definition) is 6. The van der Waals surface area contributed by atoms with E-state index in [9.17, 15) is 14.4 Å². The molecule has 0 aromatic heterocycles. The highest BCUT2D eigenvalue weighted by Gasteiger charge is 2.52. The van der Waals surface area contributed by atoms with Crippen molar-refractivity contribution in [3.05, 3.63) is 24.3 Å². The number of allylic oxidation sites excluding steroid dienone is 2. The van der Waals surface area contributed by atoms with Gasteiger partial charge in [-0.1, -0.05) is 63.3 Å². The summed E-state index contributed by atoms with van der Waals surface area (Å²) in [6.07, 6.45) is 17.6. The molecule has 1 aliphatic rings. The molecule has 0 spiro atoms. The molecule has 1 aliphatic carbocycles. The van der Waals surface area contributed by atoms with Crippen LogP contribution in [0.15, 0.2) is 24.3 Å². The van der Waals surface area contributed by atoms with Gasteiger partial charge in [0.05, 0.1) is 27.2 Å². The standard InChI is InChI=1S/C25H40O6/c1-5-6-15-20-16-14-19-25(24(28)31-4,22(20)23(27)30-3)18-13-11-9-7-8-10-12-17-21(26)29-2/h13-14,18-20,22H,5-12,15-17H2,1-4H3/b18-13+. The highest BCUT2D eigenvalue weighted by molar-refractivity contribution is 5.89. The molecule has 6 heteroatoms. The molecule has 0 N–H and O–H groups in total. The Kier molecular flexibility index (Phi) is 12.9. The predicted molar refractivity (Wildman–Crippen MR) is 120 cm³/mol. The molecule has 0 bridgehead atoms. The van der Waals surface area contributed by atoms with Crippen molar-refractivity contribution in [1.82, 2.24) is 0 Å². The second-order valence-electron chi connectivity index (χ2n) is 8.25. The Balaban J connectivity index is 2.77. The topological polar surface area (TPSA) is 78.9 Å². The van der Waals surface area contributed by atoms with Crippen molar-refractivity contribution in [2.24, 2.45) is 17.3 Å². The van der Waals surface area contributed by atoms with E-state index >= 15 is 0 Å². The lowest BCUT2D eigenvalue weighted by Crippen LogP contribution is -2.46. The summed E-state index contributed by atoms with van der Waals surface area (Å²) in [6, 6.07) is 0. The Hall–Kier alpha value is -2.11. The zero-order valence-corrected chi connectivity index (χ0v) is 19.7. The monoisotopic (exact) mass is 436 g/mol. The number of esters is 3. The quantitative estimate of drug-likeness (QED) is 0.162. The minimum atomic E-state index is -1.11. The molecule has 1 rings (SSSR count). The molecule has 0 saturated heterocycles. The van der Waals surface area contributed by atoms with Crippen molar-refractivity contribution in [3.8, 4) is 0 Å². The summed E-state index contributed by atoms with van der Waals surface area (Å²) in [5, 5.41) is 0. The Morgan fingerprint density at radius 3 is 2.32 bits per heavy atom. The van der Waals surface area contributed by atoms with Gasteiger partial charge in [0.25, 0.3) is 0 Å². The number of rotatable bonds is 14. The first-order valence-electron chi connectivity index (χ1n) is 11.5. The first kappa shape index (κ1) is 26.9. The van der Waals surface area contributed by atoms with E-state index in [1.54, 1.807) is 0 Å². The summed E-state index contributed by atoms with van der Waals surface area (Å²) in [4.78, 5) is 36.8. The summed E-state index contributed by atoms with van der Waals surface area (Å²) >= 11 is 0. The third kappa shape index (κ3) is 8.15. The third-order valence-corrected chi connectivity index (χ3v) is 6.11. The van der Waals surface area contributed by atoms with Gasteiger partial charge in [-0.3, -0.25) is 14.4 Å². The third-order valence-electron chi connectivity index (χ3n) is 6.11. The van der Waals surface area contributed by atoms with Gasteiger partial charge in [0.2, 0.25) is 0 Å². The van der Waals surface area contributed by atoms with Gasteiger partial charge in [0.15, 0.2) is 0 Å². The summed E-state index contributed by atoms with van der Waals surface area (Å²) < 4.78 is 14.9. The van der Waals surface area contributed by atoms with Gasteiger partial charge in [0.1, 0.15) is 5.41 Å². The van der Waals surface area contributed by atoms with Gasteiger partial charge in [-0.2, -0.15) is 0 Å². The van der Waals surface area contributed by atoms with E-state index in [-0.39, 0.29) is 17.9 Å². The molecular formula is C25H40O6. The molecule has 0 aromatic rings. The molecule has 0 amide bonds. The zero-order chi connectivity index (χ0) is 23.1. The van der Waals surface area contributed by atoms with Crippen LogP contribution in [-0.4, -0.2) is 39.2 Å². The molecule has 0 heterocycles. The van der Waals surface area contributed by atoms with Crippen LogP contribution < -0.4 is 0 Å². The molecule has 3 atom stereocenters. The van der Waals surface area contributed by atoms with Crippen LogP contribution >= 0.6 is 0 Å². The van der Waals surface area contributed by atoms with Crippen molar-refractivity contribution in [2.45, 2.75) is 77.6 Å². The number of unbranched alkanes of at least 4 members (excludes halogenated alkanes) is 6. The summed E-state index contributed by atoms with van der Waals surface area (Å²) in [5.74, 6) is -1.45. The molecule has 6 nitrogen and oxygen atoms in total. The highest BCUT2D eigenvalue weighted by Crippen LogP contribution is 2.45. The predicted octanol–water partition coefficient (Wildman–Crippen LogP) is 5.16. The second-order valence-corrected chi connectivity index (χ2v) is 8.25. The van der Waals surface area contributed by atoms with Crippen LogP contribution in [0.5, 0.6) is 0 Å². The largest absolute Gasteiger partial charge is 0.469 e. The van der Waals surface area contributed by atoms with Gasteiger partial charge in [0, 0.05) is 6.42 Å². The lowest BCUT2D eigenvalue weighted by molar-refractivity contribution is -0.163. The Morgan fingerprint density at radius 1 is 0.968 bits per heavy atom. The van der Waals surface area contributed by atoms with Gasteiger partial charge in [-0.05, 0) is 38.0 Å². The van der Waals surface area contributed by atoms with E-state index in [2.05, 4.69) is 11.7 Å². The maximum absolute atomic E-state index is 12.9. The van der Waals surface area contributed by atoms with E-state index in [0.29, 0.717) is 6.42 Å². The number of hydrogen-bond donors (Lipinski definition) is 0. The van der Waals surface area contributed by atoms with Crippen LogP contribution in [-0.2, 0) is 28.6 Å². The van der Waals surface area contributed by atoms with Crippen molar-refractivity contribution in [2.75, 3.05) is 21.3 Å². The molecule has 176 valence electrons. The molecule has 0 aromatic carbocycles. The maximum atomic E-state index is 12.9. The van der Waals surface area contributed by atoms with Gasteiger partial charge >= 0.3 is 17.9 Å². The number of ether oxygens (including phenoxy) is 3. The summed E-state index contributed by atoms with van der Waals surface area (Å²) in [7, 11) is 4.15. The average molecular weight is 437 g/mol. The minimum Gasteiger partial charge on any atom is -0.469 e. The molecular weight excluding hydrogens is 396 g/mol. The smallest absolute Gasteiger partial charge is 0.320 e. The SMILES string of the molecule is CCCCC1CC=CC(/C=C/CCCCCCCC(=O)OC)(C(=O)OC)C1C(=O)OC. The molecule has 3 unspecified atom stereocenters. The van der Waals surface area contributed by atoms with Crippen LogP contribution in [0.25, 0.3) is 0 Å². The van der Waals surface area contributed by atoms with Crippen LogP contribution in [0.4, 0.5) is 0 Å². The fourth-order valence-electron chi connectivity index (χ4n) is 4.37. The van der Waals surface area contributed by atoms with Crippen LogP contribution in [0.2, 0.25) is 0 Å². The zero-order valence-electron chi connectivity index (χ0n) is 19.7. The fourth-order valence-corrected chi connectivity index (χ4v) is 4.37. The van der Waals surface area contributed by atoms with E-state index in [0.717, 1.165) is 64.2 Å². The Bertz CT molecular complexity index is 624. The number of carbonyl (C=O) groups excluding carboxylic acids is 3. The molecule has 0 fully saturated rings. The van der Waals surface area contributed by atoms with E-state index < -0.39 is 17.3 Å². The van der Waals surface area contributed by atoms with Gasteiger partial charge in [-0.15, -0.1) is 0 Å². The summed E-state index contributed by atoms with van der Waals surface area (Å²) in [6.45, 7) is 2.12. The number of carbonyl (C=O) groups is 3. The van der Waals surface area contributed by atoms with Crippen LogP contribution in [0, 0.1) is 17.3 Å². The van der Waals surface area contributed by atoms with E-state index in [1.807, 2.05) is 24.3 Å². The molecule has 0 saturated carbocycles. The lowest BCUT2D eigenvalue weighted by Gasteiger charge is -2.39. The van der Waals surface area contributed by atoms with Crippen LogP contribution in [0.1, 0.15) is 77.6 Å². The average Bonchev–Trinajstić information content (AvgIpc) is 2.80. The fraction of sp³-hybridized carbons (Fsp3) is 0.720. The van der Waals surface area contributed by atoms with Crippen molar-refractivity contribution in [3.63, 3.8) is 0 Å². The first-order valence-corrected chi connectivity index (χ1v) is 11.5. The first-order chi connectivity index (χ1) is 15.0. The highest BCUT2D eigenvalue weighted by atomic mass is 16.5. The van der Waals surface area contributed by atoms with Crippen LogP contribution in [0.3, 0.4) is 0 Å². The van der Waals surface area contributed by atoms with E-state index in [1.165, 1.54) is 21.3 Å². The molecule has 0 radical (unpaired) electrons. The van der Waals surface area contributed by atoms with Crippen molar-refractivity contribution >= 4 is 17.9 Å². The lowest BCUT2D eigenvalue weighted by atomic mass is 9.63. The summed E-state index contributed by atoms with van der Waals surface area (Å²) in [5.41, 5.74) is -1.11. The van der Waals surface area contributed by atoms with Crippen molar-refractivity contribution in [1.29, 1.82) is 0 Å². The van der Waals surface area contributed by atoms with Gasteiger partial charge in [-0.25, -0.2) is 0 Å². The molecule has 0 aliphatic heterocycles. The van der Waals surface area contributed by atoms with E-state index in [4.69, 9.17) is 9.47 Å². The maximum Gasteiger partial charge on any atom is 0.320 e. The Morgan fingerprint density at radius 2 is 1.68 bits per heavy atom. The van der Waals surface area contributed by atoms with Gasteiger partial charge < -0.3 is 14.2 Å². The molecule has 31 heavy (non-hydrogen) atoms. The van der Waals surface area contributed by atoms with Crippen molar-refractivity contribution < 1.29 is 28.6 Å². The second kappa shape index (κ2) is 14.8. The Labute approximate surface area is 187 Å². The minimum absolute atomic E-state index is 0.0518. The number of methoxy groups -OCH3 is 3. The normalized spacial score (nSPS) is 23.0.